The van der Waals surface area contributed by atoms with Gasteiger partial charge in [0.25, 0.3) is 0 Å². The second-order valence-corrected chi connectivity index (χ2v) is 9.86. The van der Waals surface area contributed by atoms with Crippen molar-refractivity contribution in [3.8, 4) is 0 Å². The van der Waals surface area contributed by atoms with Crippen LogP contribution in [0.5, 0.6) is 0 Å². The van der Waals surface area contributed by atoms with E-state index in [2.05, 4.69) is 0 Å². The molecule has 2 aliphatic rings. The van der Waals surface area contributed by atoms with E-state index in [1.807, 2.05) is 47.6 Å². The molecule has 0 bridgehead atoms. The molecule has 0 amide bonds. The average molecular weight is 356 g/mol. The number of hydrogen-bond donors (Lipinski definition) is 0. The van der Waals surface area contributed by atoms with E-state index in [9.17, 15) is 9.59 Å². The van der Waals surface area contributed by atoms with Crippen molar-refractivity contribution in [3.05, 3.63) is 12.2 Å². The summed E-state index contributed by atoms with van der Waals surface area (Å²) in [7, 11) is -3.10. The molecule has 0 saturated carbocycles. The van der Waals surface area contributed by atoms with Crippen LogP contribution in [0.2, 0.25) is 5.54 Å². The smallest absolute Gasteiger partial charge is 0.392 e. The van der Waals surface area contributed by atoms with E-state index in [0.29, 0.717) is 6.42 Å². The molecule has 7 heteroatoms. The number of esters is 2. The van der Waals surface area contributed by atoms with E-state index in [0.717, 1.165) is 0 Å². The number of allylic oxidation sites excluding steroid dienone is 1. The number of carbonyl (C=O) groups excluding carboxylic acids is 2. The lowest BCUT2D eigenvalue weighted by Crippen LogP contribution is -2.55. The first kappa shape index (κ1) is 19.3. The Morgan fingerprint density at radius 2 is 1.42 bits per heavy atom. The minimum absolute atomic E-state index is 0.0718. The van der Waals surface area contributed by atoms with Crippen LogP contribution >= 0.6 is 0 Å². The number of rotatable bonds is 7. The van der Waals surface area contributed by atoms with Crippen LogP contribution in [0.1, 0.15) is 48.0 Å². The van der Waals surface area contributed by atoms with Gasteiger partial charge in [0.15, 0.2) is 0 Å². The van der Waals surface area contributed by atoms with Crippen LogP contribution in [-0.4, -0.2) is 39.1 Å². The van der Waals surface area contributed by atoms with E-state index in [-0.39, 0.29) is 23.9 Å². The third-order valence-corrected chi connectivity index (χ3v) is 7.66. The molecule has 1 fully saturated rings. The average Bonchev–Trinajstić information content (AvgIpc) is 2.71. The Morgan fingerprint density at radius 3 is 1.88 bits per heavy atom. The molecular weight excluding hydrogens is 328 g/mol. The molecule has 1 saturated heterocycles. The Labute approximate surface area is 144 Å². The summed E-state index contributed by atoms with van der Waals surface area (Å²) in [6.07, 6.45) is 3.91. The zero-order valence-electron chi connectivity index (χ0n) is 15.3. The second kappa shape index (κ2) is 7.47. The summed E-state index contributed by atoms with van der Waals surface area (Å²) in [6.45, 7) is 11.7. The first-order valence-electron chi connectivity index (χ1n) is 8.62. The fourth-order valence-corrected chi connectivity index (χ4v) is 6.76. The summed E-state index contributed by atoms with van der Waals surface area (Å²) in [5.74, 6) is -1.88. The van der Waals surface area contributed by atoms with Crippen molar-refractivity contribution >= 4 is 20.7 Å². The molecule has 136 valence electrons. The van der Waals surface area contributed by atoms with Crippen molar-refractivity contribution in [1.82, 2.24) is 0 Å². The maximum atomic E-state index is 12.0. The van der Waals surface area contributed by atoms with Gasteiger partial charge in [-0.3, -0.25) is 9.59 Å². The maximum absolute atomic E-state index is 12.0. The predicted octanol–water partition coefficient (Wildman–Crippen LogP) is 2.85. The molecule has 1 aliphatic heterocycles. The van der Waals surface area contributed by atoms with Crippen LogP contribution in [0.4, 0.5) is 0 Å². The fraction of sp³-hybridized carbons (Fsp3) is 0.765. The quantitative estimate of drug-likeness (QED) is 0.302. The molecule has 1 aliphatic carbocycles. The van der Waals surface area contributed by atoms with Gasteiger partial charge in [-0.25, -0.2) is 0 Å². The molecule has 3 unspecified atom stereocenters. The summed E-state index contributed by atoms with van der Waals surface area (Å²) in [4.78, 5) is 23.7. The van der Waals surface area contributed by atoms with Crippen molar-refractivity contribution in [3.63, 3.8) is 0 Å². The van der Waals surface area contributed by atoms with Gasteiger partial charge in [-0.2, -0.15) is 0 Å². The van der Waals surface area contributed by atoms with Gasteiger partial charge >= 0.3 is 20.7 Å². The van der Waals surface area contributed by atoms with Crippen LogP contribution in [-0.2, 0) is 27.6 Å². The molecule has 24 heavy (non-hydrogen) atoms. The van der Waals surface area contributed by atoms with E-state index < -0.39 is 32.6 Å². The maximum Gasteiger partial charge on any atom is 0.508 e. The fourth-order valence-electron chi connectivity index (χ4n) is 3.21. The van der Waals surface area contributed by atoms with Crippen molar-refractivity contribution < 1.29 is 27.6 Å². The summed E-state index contributed by atoms with van der Waals surface area (Å²) in [5, 5.41) is 0. The topological polar surface area (TPSA) is 71.1 Å². The molecule has 1 heterocycles. The van der Waals surface area contributed by atoms with Gasteiger partial charge in [0.2, 0.25) is 0 Å². The lowest BCUT2D eigenvalue weighted by molar-refractivity contribution is -0.153. The van der Waals surface area contributed by atoms with Gasteiger partial charge in [-0.05, 0) is 48.0 Å². The third-order valence-electron chi connectivity index (χ3n) is 3.92. The molecule has 0 aromatic rings. The number of cyclic esters (lactones) is 2. The zero-order chi connectivity index (χ0) is 18.1. The molecule has 2 rings (SSSR count). The summed E-state index contributed by atoms with van der Waals surface area (Å²) in [6, 6.07) is 0. The van der Waals surface area contributed by atoms with Crippen LogP contribution < -0.4 is 0 Å². The molecule has 0 aromatic carbocycles. The van der Waals surface area contributed by atoms with Crippen molar-refractivity contribution in [2.24, 2.45) is 11.8 Å². The van der Waals surface area contributed by atoms with Gasteiger partial charge in [0.05, 0.1) is 11.8 Å². The van der Waals surface area contributed by atoms with Gasteiger partial charge in [-0.15, -0.1) is 0 Å². The first-order valence-corrected chi connectivity index (χ1v) is 10.4. The minimum atomic E-state index is -3.10. The van der Waals surface area contributed by atoms with Crippen LogP contribution in [0.15, 0.2) is 12.2 Å². The standard InChI is InChI=1S/C17H28O6Si/c1-10(2)21-24(22-11(3)4,23-12(5)6)13-7-8-14-15(9-13)17(19)20-16(14)18/h7-8,10-15H,9H2,1-6H3. The number of carbonyl (C=O) groups is 2. The van der Waals surface area contributed by atoms with Gasteiger partial charge in [-0.1, -0.05) is 12.2 Å². The summed E-state index contributed by atoms with van der Waals surface area (Å²) in [5.41, 5.74) is -0.176. The van der Waals surface area contributed by atoms with Crippen LogP contribution in [0.25, 0.3) is 0 Å². The van der Waals surface area contributed by atoms with E-state index in [1.54, 1.807) is 6.08 Å². The molecule has 0 N–H and O–H groups in total. The molecule has 6 nitrogen and oxygen atoms in total. The monoisotopic (exact) mass is 356 g/mol. The Kier molecular flexibility index (Phi) is 6.01. The number of ether oxygens (including phenoxy) is 1. The van der Waals surface area contributed by atoms with Gasteiger partial charge < -0.3 is 18.0 Å². The Hall–Kier alpha value is -1.02. The zero-order valence-corrected chi connectivity index (χ0v) is 16.3. The largest absolute Gasteiger partial charge is 0.508 e. The highest BCUT2D eigenvalue weighted by Gasteiger charge is 2.56. The highest BCUT2D eigenvalue weighted by atomic mass is 28.4. The van der Waals surface area contributed by atoms with Gasteiger partial charge in [0.1, 0.15) is 0 Å². The van der Waals surface area contributed by atoms with E-state index in [1.165, 1.54) is 0 Å². The molecule has 3 atom stereocenters. The lowest BCUT2D eigenvalue weighted by atomic mass is 9.86. The van der Waals surface area contributed by atoms with Crippen molar-refractivity contribution in [2.45, 2.75) is 71.8 Å². The number of fused-ring (bicyclic) bond motifs is 1. The molecular formula is C17H28O6Si. The summed E-state index contributed by atoms with van der Waals surface area (Å²) >= 11 is 0. The van der Waals surface area contributed by atoms with Crippen LogP contribution in [0, 0.1) is 11.8 Å². The highest BCUT2D eigenvalue weighted by Crippen LogP contribution is 2.44. The molecule has 0 aromatic heterocycles. The first-order chi connectivity index (χ1) is 11.1. The minimum Gasteiger partial charge on any atom is -0.392 e. The lowest BCUT2D eigenvalue weighted by Gasteiger charge is -2.40. The Morgan fingerprint density at radius 1 is 0.917 bits per heavy atom. The normalized spacial score (nSPS) is 27.3. The second-order valence-electron chi connectivity index (χ2n) is 7.20. The Balaban J connectivity index is 2.35. The van der Waals surface area contributed by atoms with Gasteiger partial charge in [0, 0.05) is 23.9 Å². The van der Waals surface area contributed by atoms with E-state index >= 15 is 0 Å². The summed E-state index contributed by atoms with van der Waals surface area (Å²) < 4.78 is 23.4. The van der Waals surface area contributed by atoms with Crippen LogP contribution in [0.3, 0.4) is 0 Å². The molecule has 0 radical (unpaired) electrons. The molecule has 0 spiro atoms. The SMILES string of the molecule is CC(C)O[Si](OC(C)C)(OC(C)C)C1C=CC2C(=O)OC(=O)C2C1. The highest BCUT2D eigenvalue weighted by molar-refractivity contribution is 6.63. The van der Waals surface area contributed by atoms with Crippen molar-refractivity contribution in [2.75, 3.05) is 0 Å². The Bertz CT molecular complexity index is 487. The number of hydrogen-bond acceptors (Lipinski definition) is 6. The van der Waals surface area contributed by atoms with E-state index in [4.69, 9.17) is 18.0 Å². The van der Waals surface area contributed by atoms with Crippen molar-refractivity contribution in [1.29, 1.82) is 0 Å². The third kappa shape index (κ3) is 4.14. The predicted molar refractivity (Wildman–Crippen MR) is 90.0 cm³/mol.